The number of unbranched alkanes of at least 4 members (excludes halogenated alkanes) is 3. The number of hydrogen-bond acceptors (Lipinski definition) is 4. The predicted octanol–water partition coefficient (Wildman–Crippen LogP) is 1.29. The first-order chi connectivity index (χ1) is 7.22. The Morgan fingerprint density at radius 1 is 1.33 bits per heavy atom. The van der Waals surface area contributed by atoms with Gasteiger partial charge in [0.05, 0.1) is 13.5 Å². The number of aryl methyl sites for hydroxylation is 1. The molecule has 0 unspecified atom stereocenters. The molecule has 1 rings (SSSR count). The Bertz CT molecular complexity index is 308. The summed E-state index contributed by atoms with van der Waals surface area (Å²) in [7, 11) is 1.70. The fourth-order valence-electron chi connectivity index (χ4n) is 1.41. The number of ketones is 1. The summed E-state index contributed by atoms with van der Waals surface area (Å²) in [4.78, 5) is 12.8. The highest BCUT2D eigenvalue weighted by molar-refractivity contribution is 5.79. The fourth-order valence-corrected chi connectivity index (χ4v) is 1.41. The van der Waals surface area contributed by atoms with Gasteiger partial charge in [0.15, 0.2) is 5.82 Å². The minimum atomic E-state index is 0.208. The summed E-state index contributed by atoms with van der Waals surface area (Å²) in [5.74, 6) is 0.733. The van der Waals surface area contributed by atoms with Gasteiger partial charge in [0.2, 0.25) is 0 Å². The molecule has 1 heterocycles. The maximum absolute atomic E-state index is 11.5. The summed E-state index contributed by atoms with van der Waals surface area (Å²) in [5.41, 5.74) is 0. The Morgan fingerprint density at radius 2 is 2.13 bits per heavy atom. The molecule has 5 nitrogen and oxygen atoms in total. The quantitative estimate of drug-likeness (QED) is 0.636. The van der Waals surface area contributed by atoms with E-state index in [9.17, 15) is 4.79 Å². The lowest BCUT2D eigenvalue weighted by Crippen LogP contribution is -2.04. The van der Waals surface area contributed by atoms with Crippen LogP contribution in [-0.2, 0) is 18.3 Å². The van der Waals surface area contributed by atoms with E-state index in [0.717, 1.165) is 12.8 Å². The van der Waals surface area contributed by atoms with E-state index in [1.165, 1.54) is 17.6 Å². The molecule has 0 aliphatic carbocycles. The smallest absolute Gasteiger partial charge is 0.182 e. The van der Waals surface area contributed by atoms with Crippen LogP contribution in [0.15, 0.2) is 0 Å². The van der Waals surface area contributed by atoms with Crippen molar-refractivity contribution in [3.8, 4) is 0 Å². The molecular formula is C10H18N4O. The molecule has 0 aromatic carbocycles. The highest BCUT2D eigenvalue weighted by Gasteiger charge is 2.07. The van der Waals surface area contributed by atoms with Gasteiger partial charge in [-0.25, -0.2) is 0 Å². The number of rotatable bonds is 7. The van der Waals surface area contributed by atoms with Crippen LogP contribution in [0.3, 0.4) is 0 Å². The van der Waals surface area contributed by atoms with Gasteiger partial charge in [-0.15, -0.1) is 10.2 Å². The average molecular weight is 210 g/mol. The van der Waals surface area contributed by atoms with Gasteiger partial charge >= 0.3 is 0 Å². The van der Waals surface area contributed by atoms with Crippen molar-refractivity contribution in [2.45, 2.75) is 45.4 Å². The summed E-state index contributed by atoms with van der Waals surface area (Å²) < 4.78 is 0. The Morgan fingerprint density at radius 3 is 2.73 bits per heavy atom. The van der Waals surface area contributed by atoms with Gasteiger partial charge in [-0.2, -0.15) is 4.80 Å². The lowest BCUT2D eigenvalue weighted by atomic mass is 10.1. The van der Waals surface area contributed by atoms with E-state index < -0.39 is 0 Å². The molecule has 0 bridgehead atoms. The second kappa shape index (κ2) is 6.27. The molecule has 15 heavy (non-hydrogen) atoms. The summed E-state index contributed by atoms with van der Waals surface area (Å²) >= 11 is 0. The molecule has 0 atom stereocenters. The molecule has 0 N–H and O–H groups in total. The largest absolute Gasteiger partial charge is 0.299 e. The number of aromatic nitrogens is 4. The van der Waals surface area contributed by atoms with Gasteiger partial charge in [0.1, 0.15) is 5.78 Å². The maximum Gasteiger partial charge on any atom is 0.182 e. The predicted molar refractivity (Wildman–Crippen MR) is 56.3 cm³/mol. The Kier molecular flexibility index (Phi) is 4.93. The molecule has 5 heteroatoms. The summed E-state index contributed by atoms with van der Waals surface area (Å²) in [6.45, 7) is 2.16. The number of hydrogen-bond donors (Lipinski definition) is 0. The van der Waals surface area contributed by atoms with Gasteiger partial charge in [0.25, 0.3) is 0 Å². The Labute approximate surface area is 89.9 Å². The summed E-state index contributed by atoms with van der Waals surface area (Å²) in [5, 5.41) is 11.4. The molecule has 0 saturated carbocycles. The molecule has 1 aromatic rings. The van der Waals surface area contributed by atoms with Crippen LogP contribution < -0.4 is 0 Å². The highest BCUT2D eigenvalue weighted by Crippen LogP contribution is 2.04. The van der Waals surface area contributed by atoms with Crippen molar-refractivity contribution in [3.05, 3.63) is 5.82 Å². The molecule has 0 spiro atoms. The molecule has 0 radical (unpaired) electrons. The van der Waals surface area contributed by atoms with Crippen LogP contribution in [0.2, 0.25) is 0 Å². The van der Waals surface area contributed by atoms with E-state index in [2.05, 4.69) is 22.3 Å². The molecular weight excluding hydrogens is 192 g/mol. The third kappa shape index (κ3) is 4.67. The third-order valence-electron chi connectivity index (χ3n) is 2.21. The summed E-state index contributed by atoms with van der Waals surface area (Å²) in [6, 6.07) is 0. The van der Waals surface area contributed by atoms with Crippen molar-refractivity contribution in [3.63, 3.8) is 0 Å². The second-order valence-corrected chi connectivity index (χ2v) is 3.72. The topological polar surface area (TPSA) is 60.7 Å². The molecule has 0 aliphatic heterocycles. The first-order valence-corrected chi connectivity index (χ1v) is 5.47. The molecule has 0 aliphatic rings. The minimum Gasteiger partial charge on any atom is -0.299 e. The standard InChI is InChI=1S/C10H18N4O/c1-3-4-5-6-7-9(15)8-10-11-13-14(2)12-10/h3-8H2,1-2H3. The number of nitrogens with zero attached hydrogens (tertiary/aromatic N) is 4. The lowest BCUT2D eigenvalue weighted by molar-refractivity contribution is -0.118. The zero-order valence-corrected chi connectivity index (χ0v) is 9.44. The van der Waals surface area contributed by atoms with Crippen LogP contribution in [0.1, 0.15) is 44.9 Å². The molecule has 0 amide bonds. The fraction of sp³-hybridized carbons (Fsp3) is 0.800. The van der Waals surface area contributed by atoms with Crippen LogP contribution in [-0.4, -0.2) is 26.0 Å². The van der Waals surface area contributed by atoms with Gasteiger partial charge in [-0.05, 0) is 11.6 Å². The Balaban J connectivity index is 2.18. The maximum atomic E-state index is 11.5. The molecule has 0 saturated heterocycles. The monoisotopic (exact) mass is 210 g/mol. The highest BCUT2D eigenvalue weighted by atomic mass is 16.1. The van der Waals surface area contributed by atoms with Crippen molar-refractivity contribution in [1.29, 1.82) is 0 Å². The van der Waals surface area contributed by atoms with Crippen molar-refractivity contribution in [2.75, 3.05) is 0 Å². The van der Waals surface area contributed by atoms with E-state index >= 15 is 0 Å². The number of carbonyl (C=O) groups excluding carboxylic acids is 1. The van der Waals surface area contributed by atoms with Crippen molar-refractivity contribution in [1.82, 2.24) is 20.2 Å². The minimum absolute atomic E-state index is 0.208. The van der Waals surface area contributed by atoms with Gasteiger partial charge in [-0.3, -0.25) is 4.79 Å². The normalized spacial score (nSPS) is 10.5. The molecule has 1 aromatic heterocycles. The van der Waals surface area contributed by atoms with Crippen LogP contribution >= 0.6 is 0 Å². The van der Waals surface area contributed by atoms with Gasteiger partial charge in [0, 0.05) is 6.42 Å². The van der Waals surface area contributed by atoms with E-state index in [1.807, 2.05) is 0 Å². The van der Waals surface area contributed by atoms with Crippen molar-refractivity contribution < 1.29 is 4.79 Å². The third-order valence-corrected chi connectivity index (χ3v) is 2.21. The average Bonchev–Trinajstić information content (AvgIpc) is 2.59. The van der Waals surface area contributed by atoms with E-state index in [-0.39, 0.29) is 5.78 Å². The van der Waals surface area contributed by atoms with Crippen molar-refractivity contribution in [2.24, 2.45) is 7.05 Å². The van der Waals surface area contributed by atoms with Crippen molar-refractivity contribution >= 4 is 5.78 Å². The van der Waals surface area contributed by atoms with E-state index in [4.69, 9.17) is 0 Å². The van der Waals surface area contributed by atoms with Crippen LogP contribution in [0.4, 0.5) is 0 Å². The zero-order valence-electron chi connectivity index (χ0n) is 9.44. The molecule has 84 valence electrons. The SMILES string of the molecule is CCCCCCC(=O)Cc1nnn(C)n1. The van der Waals surface area contributed by atoms with Gasteiger partial charge < -0.3 is 0 Å². The van der Waals surface area contributed by atoms with Crippen LogP contribution in [0.5, 0.6) is 0 Å². The second-order valence-electron chi connectivity index (χ2n) is 3.72. The van der Waals surface area contributed by atoms with Gasteiger partial charge in [-0.1, -0.05) is 26.2 Å². The first-order valence-electron chi connectivity index (χ1n) is 5.47. The first kappa shape index (κ1) is 11.8. The van der Waals surface area contributed by atoms with E-state index in [1.54, 1.807) is 7.05 Å². The Hall–Kier alpha value is -1.26. The zero-order chi connectivity index (χ0) is 11.1. The number of tetrazole rings is 1. The summed E-state index contributed by atoms with van der Waals surface area (Å²) in [6.07, 6.45) is 5.47. The van der Waals surface area contributed by atoms with Crippen LogP contribution in [0, 0.1) is 0 Å². The molecule has 0 fully saturated rings. The number of Topliss-reactive ketones (excluding diaryl/α,β-unsaturated/α-hetero) is 1. The lowest BCUT2D eigenvalue weighted by Gasteiger charge is -1.97. The van der Waals surface area contributed by atoms with Crippen LogP contribution in [0.25, 0.3) is 0 Å². The number of carbonyl (C=O) groups is 1. The van der Waals surface area contributed by atoms with E-state index in [0.29, 0.717) is 18.7 Å².